The number of carbonyl (C=O) groups is 2. The highest BCUT2D eigenvalue weighted by Gasteiger charge is 2.63. The van der Waals surface area contributed by atoms with Gasteiger partial charge in [0.25, 0.3) is 0 Å². The Bertz CT molecular complexity index is 2390. The van der Waals surface area contributed by atoms with E-state index in [1.165, 1.54) is 19.2 Å². The van der Waals surface area contributed by atoms with Gasteiger partial charge in [-0.25, -0.2) is 9.59 Å². The second-order valence-corrected chi connectivity index (χ2v) is 15.8. The van der Waals surface area contributed by atoms with Crippen molar-refractivity contribution in [3.63, 3.8) is 0 Å². The fourth-order valence-electron chi connectivity index (χ4n) is 8.63. The highest BCUT2D eigenvalue weighted by atomic mass is 16.8. The van der Waals surface area contributed by atoms with Crippen LogP contribution < -0.4 is 26.5 Å². The van der Waals surface area contributed by atoms with Crippen LogP contribution in [0.2, 0.25) is 0 Å². The summed E-state index contributed by atoms with van der Waals surface area (Å²) in [7, 11) is 1.53. The SMILES string of the molecule is CCC1=CC([C@H]2C[C@@H](CNC)[C@]3(Oc4cc5oc(-c6cc(O)c(O)c(CCO)c6)cc(=O)c5c(O)c42)O[C@H](C(=O)O[C@H]2O[C@H](C(=O)O)[C@@H](O)[C@H](O)[C@H]2O)[C@@H](O)[C@H](O)[C@H]3O)=CNC1N. The molecule has 4 aliphatic rings. The van der Waals surface area contributed by atoms with Gasteiger partial charge in [-0.05, 0) is 49.6 Å². The molecule has 7 rings (SSSR count). The summed E-state index contributed by atoms with van der Waals surface area (Å²) < 4.78 is 29.2. The zero-order valence-electron chi connectivity index (χ0n) is 33.7. The van der Waals surface area contributed by atoms with Crippen LogP contribution in [0.5, 0.6) is 23.0 Å². The second-order valence-electron chi connectivity index (χ2n) is 15.8. The first-order valence-corrected chi connectivity index (χ1v) is 20.0. The fourth-order valence-corrected chi connectivity index (χ4v) is 8.63. The van der Waals surface area contributed by atoms with Crippen LogP contribution in [0.1, 0.15) is 36.8 Å². The number of rotatable bonds is 10. The molecular formula is C41H49N3O19. The highest BCUT2D eigenvalue weighted by molar-refractivity contribution is 5.89. The number of carboxylic acid groups (broad SMARTS) is 1. The lowest BCUT2D eigenvalue weighted by molar-refractivity contribution is -0.352. The van der Waals surface area contributed by atoms with Crippen molar-refractivity contribution in [3.05, 3.63) is 69.0 Å². The van der Waals surface area contributed by atoms with Crippen LogP contribution in [0, 0.1) is 5.92 Å². The molecule has 0 aliphatic carbocycles. The standard InChI is InChI=1S/C41H49N3O19/c1-3-14-6-17(12-44-37(14)42)19-9-18(13-43-2)41(36(55)32(53)31(52)35(63-41)39(58)61-40-33(54)29(50)30(51)34(60-40)38(56)57)62-24-11-23-26(28(49)25(19)24)20(46)10-22(59-23)16-7-15(4-5-45)27(48)21(47)8-16/h6-8,10-12,18-19,29-37,40,43-45,47-55H,3-5,9,13,42H2,1-2H3,(H,56,57)/t18-,19+,29-,30-,31-,32-,33+,34-,35-,36+,37?,40+,41-/m0/s1. The van der Waals surface area contributed by atoms with Crippen LogP contribution in [0.15, 0.2) is 56.9 Å². The summed E-state index contributed by atoms with van der Waals surface area (Å²) in [5.41, 5.74) is 6.63. The van der Waals surface area contributed by atoms with Crippen LogP contribution in [-0.4, -0.2) is 155 Å². The van der Waals surface area contributed by atoms with E-state index < -0.39 is 120 Å². The first-order valence-electron chi connectivity index (χ1n) is 20.0. The van der Waals surface area contributed by atoms with Crippen molar-refractivity contribution in [1.82, 2.24) is 10.6 Å². The predicted molar refractivity (Wildman–Crippen MR) is 213 cm³/mol. The van der Waals surface area contributed by atoms with Gasteiger partial charge >= 0.3 is 11.9 Å². The molecule has 15 N–H and O–H groups in total. The van der Waals surface area contributed by atoms with Gasteiger partial charge in [0.2, 0.25) is 12.1 Å². The molecule has 0 bridgehead atoms. The van der Waals surface area contributed by atoms with Crippen molar-refractivity contribution < 1.29 is 89.1 Å². The van der Waals surface area contributed by atoms with Crippen LogP contribution in [0.3, 0.4) is 0 Å². The number of nitrogens with one attached hydrogen (secondary N) is 2. The molecule has 0 radical (unpaired) electrons. The molecule has 2 fully saturated rings. The van der Waals surface area contributed by atoms with Crippen molar-refractivity contribution in [3.8, 4) is 34.3 Å². The van der Waals surface area contributed by atoms with E-state index in [2.05, 4.69) is 10.6 Å². The van der Waals surface area contributed by atoms with Crippen molar-refractivity contribution in [2.24, 2.45) is 11.7 Å². The minimum Gasteiger partial charge on any atom is -0.507 e. The number of hydrogen-bond donors (Lipinski definition) is 14. The Balaban J connectivity index is 1.39. The maximum absolute atomic E-state index is 14.0. The average molecular weight is 888 g/mol. The zero-order valence-corrected chi connectivity index (χ0v) is 33.7. The average Bonchev–Trinajstić information content (AvgIpc) is 3.37. The van der Waals surface area contributed by atoms with Gasteiger partial charge in [0.15, 0.2) is 29.1 Å². The topological polar surface area (TPSA) is 374 Å². The number of allylic oxidation sites excluding steroid dienone is 2. The van der Waals surface area contributed by atoms with Crippen LogP contribution in [0.4, 0.5) is 0 Å². The molecule has 0 amide bonds. The Morgan fingerprint density at radius 3 is 2.35 bits per heavy atom. The zero-order chi connectivity index (χ0) is 45.8. The van der Waals surface area contributed by atoms with Gasteiger partial charge in [-0.1, -0.05) is 13.0 Å². The molecule has 22 heteroatoms. The van der Waals surface area contributed by atoms with Gasteiger partial charge in [-0.3, -0.25) is 4.79 Å². The van der Waals surface area contributed by atoms with E-state index in [0.29, 0.717) is 12.0 Å². The summed E-state index contributed by atoms with van der Waals surface area (Å²) in [5.74, 6) is -10.3. The monoisotopic (exact) mass is 887 g/mol. The molecule has 0 saturated carbocycles. The number of hydrogen-bond acceptors (Lipinski definition) is 21. The molecule has 1 unspecified atom stereocenters. The minimum atomic E-state index is -2.57. The molecular weight excluding hydrogens is 838 g/mol. The Hall–Kier alpha value is -5.37. The van der Waals surface area contributed by atoms with Gasteiger partial charge in [0.05, 0.1) is 6.17 Å². The third-order valence-corrected chi connectivity index (χ3v) is 12.0. The van der Waals surface area contributed by atoms with E-state index in [1.807, 2.05) is 6.92 Å². The third kappa shape index (κ3) is 7.97. The number of esters is 1. The number of carbonyl (C=O) groups excluding carboxylic acids is 1. The van der Waals surface area contributed by atoms with Gasteiger partial charge in [-0.2, -0.15) is 0 Å². The van der Waals surface area contributed by atoms with Crippen LogP contribution >= 0.6 is 0 Å². The summed E-state index contributed by atoms with van der Waals surface area (Å²) in [6.45, 7) is 1.36. The normalized spacial score (nSPS) is 33.0. The number of benzene rings is 2. The largest absolute Gasteiger partial charge is 0.507 e. The lowest BCUT2D eigenvalue weighted by atomic mass is 9.76. The van der Waals surface area contributed by atoms with Gasteiger partial charge in [-0.15, -0.1) is 0 Å². The number of carboxylic acids is 1. The highest BCUT2D eigenvalue weighted by Crippen LogP contribution is 2.54. The van der Waals surface area contributed by atoms with Gasteiger partial charge in [0, 0.05) is 60.0 Å². The van der Waals surface area contributed by atoms with Crippen molar-refractivity contribution in [2.45, 2.75) is 99.2 Å². The molecule has 4 aliphatic heterocycles. The lowest BCUT2D eigenvalue weighted by Gasteiger charge is -2.50. The number of fused-ring (bicyclic) bond motifs is 2. The Morgan fingerprint density at radius 1 is 0.968 bits per heavy atom. The van der Waals surface area contributed by atoms with E-state index in [4.69, 9.17) is 29.1 Å². The quantitative estimate of drug-likeness (QED) is 0.0741. The molecule has 13 atom stereocenters. The summed E-state index contributed by atoms with van der Waals surface area (Å²) in [6.07, 6.45) is -17.0. The molecule has 22 nitrogen and oxygen atoms in total. The summed E-state index contributed by atoms with van der Waals surface area (Å²) in [4.78, 5) is 39.6. The van der Waals surface area contributed by atoms with E-state index in [1.54, 1.807) is 12.3 Å². The number of aliphatic hydroxyl groups is 7. The first kappa shape index (κ1) is 45.6. The Labute approximate surface area is 356 Å². The molecule has 5 heterocycles. The smallest absolute Gasteiger partial charge is 0.340 e. The van der Waals surface area contributed by atoms with E-state index in [0.717, 1.165) is 17.7 Å². The number of phenols is 3. The number of aliphatic hydroxyl groups excluding tert-OH is 7. The molecule has 342 valence electrons. The van der Waals surface area contributed by atoms with E-state index in [-0.39, 0.29) is 58.6 Å². The molecule has 2 saturated heterocycles. The number of aliphatic carboxylic acids is 1. The van der Waals surface area contributed by atoms with Crippen LogP contribution in [-0.2, 0) is 30.2 Å². The van der Waals surface area contributed by atoms with Crippen molar-refractivity contribution >= 4 is 22.9 Å². The summed E-state index contributed by atoms with van der Waals surface area (Å²) in [6, 6.07) is 4.72. The molecule has 1 aromatic heterocycles. The number of ether oxygens (including phenoxy) is 4. The Morgan fingerprint density at radius 2 is 1.68 bits per heavy atom. The predicted octanol–water partition coefficient (Wildman–Crippen LogP) is -2.47. The number of dihydropyridines is 1. The molecule has 1 spiro atoms. The third-order valence-electron chi connectivity index (χ3n) is 12.0. The van der Waals surface area contributed by atoms with Gasteiger partial charge < -0.3 is 95.9 Å². The molecule has 2 aromatic carbocycles. The fraction of sp³-hybridized carbons (Fsp3) is 0.488. The Kier molecular flexibility index (Phi) is 12.8. The van der Waals surface area contributed by atoms with Crippen molar-refractivity contribution in [1.29, 1.82) is 0 Å². The molecule has 3 aromatic rings. The second kappa shape index (κ2) is 17.7. The van der Waals surface area contributed by atoms with Gasteiger partial charge in [0.1, 0.15) is 64.9 Å². The summed E-state index contributed by atoms with van der Waals surface area (Å²) in [5, 5.41) is 123. The minimum absolute atomic E-state index is 0.0372. The first-order chi connectivity index (χ1) is 29.9. The number of aromatic hydroxyl groups is 3. The lowest BCUT2D eigenvalue weighted by Crippen LogP contribution is -2.71. The summed E-state index contributed by atoms with van der Waals surface area (Å²) >= 11 is 0. The number of nitrogens with two attached hydrogens (primary N) is 1. The molecule has 63 heavy (non-hydrogen) atoms. The van der Waals surface area contributed by atoms with Crippen LogP contribution in [0.25, 0.3) is 22.3 Å². The number of phenolic OH excluding ortho intramolecular Hbond substituents is 3. The maximum atomic E-state index is 14.0. The maximum Gasteiger partial charge on any atom is 0.340 e. The van der Waals surface area contributed by atoms with E-state index in [9.17, 15) is 70.6 Å². The van der Waals surface area contributed by atoms with Crippen molar-refractivity contribution in [2.75, 3.05) is 20.2 Å². The van der Waals surface area contributed by atoms with E-state index >= 15 is 0 Å².